The molecule has 0 unspecified atom stereocenters. The van der Waals surface area contributed by atoms with Crippen LogP contribution in [0.2, 0.25) is 0 Å². The number of aromatic nitrogens is 1. The molecule has 4 aromatic rings. The van der Waals surface area contributed by atoms with Gasteiger partial charge >= 0.3 is 0 Å². The molecule has 0 saturated carbocycles. The van der Waals surface area contributed by atoms with Gasteiger partial charge in [-0.1, -0.05) is 23.4 Å². The Morgan fingerprint density at radius 2 is 1.62 bits per heavy atom. The second kappa shape index (κ2) is 10.3. The Morgan fingerprint density at radius 3 is 2.29 bits per heavy atom. The third-order valence-electron chi connectivity index (χ3n) is 5.72. The van der Waals surface area contributed by atoms with Gasteiger partial charge in [0.15, 0.2) is 0 Å². The fourth-order valence-corrected chi connectivity index (χ4v) is 3.94. The molecule has 0 aliphatic heterocycles. The summed E-state index contributed by atoms with van der Waals surface area (Å²) in [6.45, 7) is 4.23. The Hall–Kier alpha value is -4.06. The van der Waals surface area contributed by atoms with Crippen molar-refractivity contribution in [2.75, 3.05) is 14.2 Å². The van der Waals surface area contributed by atoms with Gasteiger partial charge in [-0.2, -0.15) is 0 Å². The van der Waals surface area contributed by atoms with E-state index in [1.807, 2.05) is 62.4 Å². The molecule has 0 aliphatic carbocycles. The molecule has 5 nitrogen and oxygen atoms in total. The summed E-state index contributed by atoms with van der Waals surface area (Å²) < 4.78 is 26.4. The lowest BCUT2D eigenvalue weighted by molar-refractivity contribution is 0.128. The average Bonchev–Trinajstić information content (AvgIpc) is 3.22. The van der Waals surface area contributed by atoms with E-state index in [1.54, 1.807) is 26.4 Å². The Bertz CT molecular complexity index is 1290. The molecule has 0 atom stereocenters. The number of hydrogen-bond donors (Lipinski definition) is 0. The number of methoxy groups -OCH3 is 2. The second-order valence-electron chi connectivity index (χ2n) is 7.83. The number of ether oxygens (including phenoxy) is 2. The summed E-state index contributed by atoms with van der Waals surface area (Å²) in [4.78, 5) is 5.67. The first kappa shape index (κ1) is 23.1. The fourth-order valence-electron chi connectivity index (χ4n) is 3.94. The van der Waals surface area contributed by atoms with Crippen molar-refractivity contribution in [2.24, 2.45) is 5.16 Å². The van der Waals surface area contributed by atoms with E-state index in [-0.39, 0.29) is 5.82 Å². The van der Waals surface area contributed by atoms with Crippen LogP contribution in [0.1, 0.15) is 23.7 Å². The average molecular weight is 459 g/mol. The molecule has 1 heterocycles. The molecule has 3 aromatic carbocycles. The predicted molar refractivity (Wildman–Crippen MR) is 132 cm³/mol. The fraction of sp³-hybridized carbons (Fsp3) is 0.179. The molecule has 0 spiro atoms. The van der Waals surface area contributed by atoms with Gasteiger partial charge in [-0.25, -0.2) is 4.39 Å². The molecule has 0 N–H and O–H groups in total. The van der Waals surface area contributed by atoms with Crippen molar-refractivity contribution in [3.63, 3.8) is 0 Å². The maximum atomic E-state index is 13.6. The minimum atomic E-state index is -0.276. The normalized spacial score (nSPS) is 11.4. The number of benzene rings is 3. The lowest BCUT2D eigenvalue weighted by Crippen LogP contribution is -2.03. The lowest BCUT2D eigenvalue weighted by atomic mass is 10.1. The van der Waals surface area contributed by atoms with E-state index in [1.165, 1.54) is 12.1 Å². The van der Waals surface area contributed by atoms with Gasteiger partial charge < -0.3 is 18.9 Å². The largest absolute Gasteiger partial charge is 0.497 e. The zero-order valence-electron chi connectivity index (χ0n) is 19.7. The molecule has 6 heteroatoms. The third kappa shape index (κ3) is 4.81. The van der Waals surface area contributed by atoms with Crippen LogP contribution in [0.25, 0.3) is 16.9 Å². The monoisotopic (exact) mass is 458 g/mol. The molecular formula is C28H27FN2O3. The smallest absolute Gasteiger partial charge is 0.145 e. The highest BCUT2D eigenvalue weighted by molar-refractivity contribution is 6.01. The standard InChI is InChI=1S/C28H27FN2O3/c1-19(30-34-18-22-7-5-6-8-28(22)33-4)26-17-27(21-9-15-25(32-3)16-10-21)31(20(26)2)24-13-11-23(29)12-14-24/h5-17H,18H2,1-4H3. The summed E-state index contributed by atoms with van der Waals surface area (Å²) in [6, 6.07) is 24.1. The first-order chi connectivity index (χ1) is 16.5. The van der Waals surface area contributed by atoms with Crippen molar-refractivity contribution < 1.29 is 18.7 Å². The van der Waals surface area contributed by atoms with Gasteiger partial charge in [0.2, 0.25) is 0 Å². The van der Waals surface area contributed by atoms with E-state index in [9.17, 15) is 4.39 Å². The van der Waals surface area contributed by atoms with Crippen LogP contribution in [-0.4, -0.2) is 24.5 Å². The summed E-state index contributed by atoms with van der Waals surface area (Å²) >= 11 is 0. The molecule has 0 fully saturated rings. The zero-order valence-corrected chi connectivity index (χ0v) is 19.7. The van der Waals surface area contributed by atoms with Crippen molar-refractivity contribution in [2.45, 2.75) is 20.5 Å². The van der Waals surface area contributed by atoms with Crippen LogP contribution in [0, 0.1) is 12.7 Å². The maximum Gasteiger partial charge on any atom is 0.145 e. The van der Waals surface area contributed by atoms with Crippen LogP contribution in [0.4, 0.5) is 4.39 Å². The Balaban J connectivity index is 1.70. The summed E-state index contributed by atoms with van der Waals surface area (Å²) in [7, 11) is 3.28. The quantitative estimate of drug-likeness (QED) is 0.222. The van der Waals surface area contributed by atoms with Gasteiger partial charge in [0, 0.05) is 22.5 Å². The van der Waals surface area contributed by atoms with Crippen LogP contribution in [0.15, 0.2) is 84.0 Å². The third-order valence-corrected chi connectivity index (χ3v) is 5.72. The summed E-state index contributed by atoms with van der Waals surface area (Å²) in [5, 5.41) is 4.38. The molecule has 4 rings (SSSR count). The summed E-state index contributed by atoms with van der Waals surface area (Å²) in [5.41, 5.74) is 6.39. The van der Waals surface area contributed by atoms with E-state index in [0.717, 1.165) is 51.0 Å². The number of oxime groups is 1. The topological polar surface area (TPSA) is 45.0 Å². The molecule has 0 aliphatic rings. The second-order valence-corrected chi connectivity index (χ2v) is 7.83. The van der Waals surface area contributed by atoms with Crippen molar-refractivity contribution in [3.8, 4) is 28.4 Å². The maximum absolute atomic E-state index is 13.6. The van der Waals surface area contributed by atoms with Crippen molar-refractivity contribution >= 4 is 5.71 Å². The Kier molecular flexibility index (Phi) is 6.97. The SMILES string of the molecule is COc1ccc(-c2cc(C(C)=NOCc3ccccc3OC)c(C)n2-c2ccc(F)cc2)cc1. The highest BCUT2D eigenvalue weighted by Crippen LogP contribution is 2.31. The van der Waals surface area contributed by atoms with E-state index in [0.29, 0.717) is 6.61 Å². The molecule has 1 aromatic heterocycles. The van der Waals surface area contributed by atoms with Crippen molar-refractivity contribution in [3.05, 3.63) is 102 Å². The van der Waals surface area contributed by atoms with Crippen molar-refractivity contribution in [1.82, 2.24) is 4.57 Å². The molecule has 0 bridgehead atoms. The van der Waals surface area contributed by atoms with E-state index in [2.05, 4.69) is 15.8 Å². The lowest BCUT2D eigenvalue weighted by Gasteiger charge is -2.13. The van der Waals surface area contributed by atoms with Crippen molar-refractivity contribution in [1.29, 1.82) is 0 Å². The van der Waals surface area contributed by atoms with E-state index in [4.69, 9.17) is 14.3 Å². The Labute approximate surface area is 199 Å². The molecule has 0 radical (unpaired) electrons. The number of rotatable bonds is 8. The van der Waals surface area contributed by atoms with Crippen LogP contribution in [-0.2, 0) is 11.4 Å². The van der Waals surface area contributed by atoms with Crippen LogP contribution in [0.3, 0.4) is 0 Å². The zero-order chi connectivity index (χ0) is 24.1. The van der Waals surface area contributed by atoms with Crippen LogP contribution >= 0.6 is 0 Å². The predicted octanol–water partition coefficient (Wildman–Crippen LogP) is 6.55. The van der Waals surface area contributed by atoms with Gasteiger partial charge in [-0.3, -0.25) is 0 Å². The first-order valence-electron chi connectivity index (χ1n) is 10.9. The minimum absolute atomic E-state index is 0.276. The van der Waals surface area contributed by atoms with E-state index >= 15 is 0 Å². The number of halogens is 1. The summed E-state index contributed by atoms with van der Waals surface area (Å²) in [5.74, 6) is 1.26. The number of hydrogen-bond acceptors (Lipinski definition) is 4. The highest BCUT2D eigenvalue weighted by atomic mass is 19.1. The highest BCUT2D eigenvalue weighted by Gasteiger charge is 2.17. The van der Waals surface area contributed by atoms with Gasteiger partial charge in [-0.05, 0) is 80.1 Å². The molecular weight excluding hydrogens is 431 g/mol. The first-order valence-corrected chi connectivity index (χ1v) is 10.9. The Morgan fingerprint density at radius 1 is 0.912 bits per heavy atom. The molecule has 0 saturated heterocycles. The van der Waals surface area contributed by atoms with Crippen LogP contribution in [0.5, 0.6) is 11.5 Å². The van der Waals surface area contributed by atoms with Gasteiger partial charge in [0.1, 0.15) is 23.9 Å². The minimum Gasteiger partial charge on any atom is -0.497 e. The van der Waals surface area contributed by atoms with Gasteiger partial charge in [0.05, 0.1) is 25.6 Å². The number of nitrogens with zero attached hydrogens (tertiary/aromatic N) is 2. The number of para-hydroxylation sites is 1. The molecule has 34 heavy (non-hydrogen) atoms. The molecule has 0 amide bonds. The van der Waals surface area contributed by atoms with E-state index < -0.39 is 0 Å². The summed E-state index contributed by atoms with van der Waals surface area (Å²) in [6.07, 6.45) is 0. The van der Waals surface area contributed by atoms with Crippen LogP contribution < -0.4 is 9.47 Å². The molecule has 174 valence electrons. The van der Waals surface area contributed by atoms with Gasteiger partial charge in [0.25, 0.3) is 0 Å². The van der Waals surface area contributed by atoms with Gasteiger partial charge in [-0.15, -0.1) is 0 Å².